The maximum atomic E-state index is 13.9. The van der Waals surface area contributed by atoms with Crippen molar-refractivity contribution in [3.63, 3.8) is 0 Å². The first kappa shape index (κ1) is 12.0. The van der Waals surface area contributed by atoms with Crippen molar-refractivity contribution in [1.82, 2.24) is 5.32 Å². The normalized spacial score (nSPS) is 23.7. The topological polar surface area (TPSA) is 38.3 Å². The van der Waals surface area contributed by atoms with Crippen LogP contribution in [0.1, 0.15) is 17.0 Å². The second kappa shape index (κ2) is 4.84. The van der Waals surface area contributed by atoms with Crippen LogP contribution in [-0.2, 0) is 9.53 Å². The van der Waals surface area contributed by atoms with E-state index in [1.165, 1.54) is 13.2 Å². The van der Waals surface area contributed by atoms with Crippen molar-refractivity contribution in [3.05, 3.63) is 35.1 Å². The fourth-order valence-corrected chi connectivity index (χ4v) is 2.34. The number of benzene rings is 1. The van der Waals surface area contributed by atoms with Gasteiger partial charge in [-0.3, -0.25) is 4.79 Å². The van der Waals surface area contributed by atoms with E-state index >= 15 is 0 Å². The summed E-state index contributed by atoms with van der Waals surface area (Å²) in [6.45, 7) is 3.00. The van der Waals surface area contributed by atoms with Gasteiger partial charge in [-0.2, -0.15) is 0 Å². The maximum Gasteiger partial charge on any atom is 0.310 e. The Balaban J connectivity index is 2.29. The standard InChI is InChI=1S/C13H16FNO2/c1-8-3-4-9(12(14)5-8)10-6-15-7-11(10)13(16)17-2/h3-5,10-11,15H,6-7H2,1-2H3. The van der Waals surface area contributed by atoms with Crippen molar-refractivity contribution in [3.8, 4) is 0 Å². The summed E-state index contributed by atoms with van der Waals surface area (Å²) >= 11 is 0. The molecule has 17 heavy (non-hydrogen) atoms. The summed E-state index contributed by atoms with van der Waals surface area (Å²) < 4.78 is 18.6. The summed E-state index contributed by atoms with van der Waals surface area (Å²) in [5, 5.41) is 3.11. The highest BCUT2D eigenvalue weighted by Crippen LogP contribution is 2.31. The van der Waals surface area contributed by atoms with Gasteiger partial charge in [-0.05, 0) is 24.1 Å². The lowest BCUT2D eigenvalue weighted by Gasteiger charge is -2.17. The first-order chi connectivity index (χ1) is 8.13. The Kier molecular flexibility index (Phi) is 3.43. The third kappa shape index (κ3) is 2.31. The lowest BCUT2D eigenvalue weighted by Crippen LogP contribution is -2.23. The van der Waals surface area contributed by atoms with E-state index in [1.807, 2.05) is 13.0 Å². The van der Waals surface area contributed by atoms with Crippen LogP contribution >= 0.6 is 0 Å². The Labute approximate surface area is 100.0 Å². The molecule has 1 aromatic carbocycles. The van der Waals surface area contributed by atoms with Gasteiger partial charge in [0.25, 0.3) is 0 Å². The van der Waals surface area contributed by atoms with Crippen molar-refractivity contribution in [1.29, 1.82) is 0 Å². The third-order valence-electron chi connectivity index (χ3n) is 3.27. The average Bonchev–Trinajstić information content (AvgIpc) is 2.77. The molecule has 2 rings (SSSR count). The first-order valence-corrected chi connectivity index (χ1v) is 5.68. The van der Waals surface area contributed by atoms with Crippen LogP contribution in [0, 0.1) is 18.7 Å². The van der Waals surface area contributed by atoms with E-state index < -0.39 is 0 Å². The van der Waals surface area contributed by atoms with Gasteiger partial charge in [-0.25, -0.2) is 4.39 Å². The Bertz CT molecular complexity index is 433. The minimum Gasteiger partial charge on any atom is -0.469 e. The molecule has 2 atom stereocenters. The molecular weight excluding hydrogens is 221 g/mol. The van der Waals surface area contributed by atoms with E-state index in [4.69, 9.17) is 4.74 Å². The number of halogens is 1. The van der Waals surface area contributed by atoms with Crippen LogP contribution < -0.4 is 5.32 Å². The molecule has 1 aromatic rings. The molecule has 0 amide bonds. The Morgan fingerprint density at radius 3 is 2.88 bits per heavy atom. The van der Waals surface area contributed by atoms with Gasteiger partial charge >= 0.3 is 5.97 Å². The van der Waals surface area contributed by atoms with Crippen LogP contribution in [0.2, 0.25) is 0 Å². The van der Waals surface area contributed by atoms with Gasteiger partial charge in [0.1, 0.15) is 5.82 Å². The quantitative estimate of drug-likeness (QED) is 0.794. The van der Waals surface area contributed by atoms with Crippen molar-refractivity contribution < 1.29 is 13.9 Å². The number of ether oxygens (including phenoxy) is 1. The van der Waals surface area contributed by atoms with Gasteiger partial charge in [0.05, 0.1) is 13.0 Å². The molecule has 0 aromatic heterocycles. The fourth-order valence-electron chi connectivity index (χ4n) is 2.34. The largest absolute Gasteiger partial charge is 0.469 e. The highest BCUT2D eigenvalue weighted by molar-refractivity contribution is 5.74. The number of methoxy groups -OCH3 is 1. The number of carbonyl (C=O) groups excluding carboxylic acids is 1. The number of carbonyl (C=O) groups is 1. The fraction of sp³-hybridized carbons (Fsp3) is 0.462. The second-order valence-corrected chi connectivity index (χ2v) is 4.42. The molecule has 1 N–H and O–H groups in total. The number of aryl methyl sites for hydroxylation is 1. The number of nitrogens with one attached hydrogen (secondary N) is 1. The Morgan fingerprint density at radius 2 is 2.24 bits per heavy atom. The number of esters is 1. The number of rotatable bonds is 2. The lowest BCUT2D eigenvalue weighted by molar-refractivity contribution is -0.145. The van der Waals surface area contributed by atoms with Gasteiger partial charge in [-0.15, -0.1) is 0 Å². The van der Waals surface area contributed by atoms with Crippen LogP contribution in [0.4, 0.5) is 4.39 Å². The van der Waals surface area contributed by atoms with Gasteiger partial charge in [0.15, 0.2) is 0 Å². The molecule has 0 saturated carbocycles. The van der Waals surface area contributed by atoms with Crippen molar-refractivity contribution in [2.75, 3.05) is 20.2 Å². The minimum absolute atomic E-state index is 0.136. The summed E-state index contributed by atoms with van der Waals surface area (Å²) in [6.07, 6.45) is 0. The van der Waals surface area contributed by atoms with Crippen molar-refractivity contribution >= 4 is 5.97 Å². The predicted octanol–water partition coefficient (Wildman–Crippen LogP) is 1.61. The average molecular weight is 237 g/mol. The zero-order valence-electron chi connectivity index (χ0n) is 10.00. The van der Waals surface area contributed by atoms with Crippen LogP contribution in [0.15, 0.2) is 18.2 Å². The van der Waals surface area contributed by atoms with Gasteiger partial charge in [0.2, 0.25) is 0 Å². The SMILES string of the molecule is COC(=O)C1CNCC1c1ccc(C)cc1F. The molecule has 92 valence electrons. The third-order valence-corrected chi connectivity index (χ3v) is 3.27. The Morgan fingerprint density at radius 1 is 1.47 bits per heavy atom. The summed E-state index contributed by atoms with van der Waals surface area (Å²) in [7, 11) is 1.36. The summed E-state index contributed by atoms with van der Waals surface area (Å²) in [5.41, 5.74) is 1.47. The van der Waals surface area contributed by atoms with E-state index in [0.717, 1.165) is 5.56 Å². The molecular formula is C13H16FNO2. The molecule has 1 heterocycles. The van der Waals surface area contributed by atoms with E-state index in [1.54, 1.807) is 6.07 Å². The highest BCUT2D eigenvalue weighted by Gasteiger charge is 2.36. The molecule has 1 saturated heterocycles. The molecule has 1 fully saturated rings. The molecule has 2 unspecified atom stereocenters. The molecule has 0 aliphatic carbocycles. The molecule has 4 heteroatoms. The van der Waals surface area contributed by atoms with Gasteiger partial charge in [0, 0.05) is 19.0 Å². The monoisotopic (exact) mass is 237 g/mol. The molecule has 1 aliphatic heterocycles. The van der Waals surface area contributed by atoms with Crippen molar-refractivity contribution in [2.24, 2.45) is 5.92 Å². The molecule has 1 aliphatic rings. The van der Waals surface area contributed by atoms with Crippen molar-refractivity contribution in [2.45, 2.75) is 12.8 Å². The Hall–Kier alpha value is -1.42. The summed E-state index contributed by atoms with van der Waals surface area (Å²) in [5.74, 6) is -0.951. The van der Waals surface area contributed by atoms with E-state index in [-0.39, 0.29) is 23.6 Å². The summed E-state index contributed by atoms with van der Waals surface area (Å²) in [4.78, 5) is 11.6. The lowest BCUT2D eigenvalue weighted by atomic mass is 9.88. The van der Waals surface area contributed by atoms with Crippen LogP contribution in [-0.4, -0.2) is 26.2 Å². The number of hydrogen-bond acceptors (Lipinski definition) is 3. The smallest absolute Gasteiger partial charge is 0.310 e. The zero-order chi connectivity index (χ0) is 12.4. The molecule has 0 spiro atoms. The summed E-state index contributed by atoms with van der Waals surface area (Å²) in [6, 6.07) is 5.13. The molecule has 0 radical (unpaired) electrons. The minimum atomic E-state index is -0.294. The van der Waals surface area contributed by atoms with E-state index in [9.17, 15) is 9.18 Å². The highest BCUT2D eigenvalue weighted by atomic mass is 19.1. The van der Waals surface area contributed by atoms with E-state index in [2.05, 4.69) is 5.32 Å². The number of hydrogen-bond donors (Lipinski definition) is 1. The maximum absolute atomic E-state index is 13.9. The molecule has 0 bridgehead atoms. The second-order valence-electron chi connectivity index (χ2n) is 4.42. The first-order valence-electron chi connectivity index (χ1n) is 5.68. The van der Waals surface area contributed by atoms with Crippen LogP contribution in [0.25, 0.3) is 0 Å². The predicted molar refractivity (Wildman–Crippen MR) is 62.3 cm³/mol. The van der Waals surface area contributed by atoms with E-state index in [0.29, 0.717) is 18.7 Å². The zero-order valence-corrected chi connectivity index (χ0v) is 10.00. The van der Waals surface area contributed by atoms with Crippen LogP contribution in [0.5, 0.6) is 0 Å². The van der Waals surface area contributed by atoms with Gasteiger partial charge < -0.3 is 10.1 Å². The van der Waals surface area contributed by atoms with Gasteiger partial charge in [-0.1, -0.05) is 12.1 Å². The van der Waals surface area contributed by atoms with Crippen LogP contribution in [0.3, 0.4) is 0 Å². The molecule has 3 nitrogen and oxygen atoms in total.